The number of rotatable bonds is 10. The second-order valence-corrected chi connectivity index (χ2v) is 6.87. The minimum Gasteiger partial charge on any atom is -0.367 e. The monoisotopic (exact) mass is 372 g/mol. The van der Waals surface area contributed by atoms with E-state index in [1.54, 1.807) is 24.7 Å². The van der Waals surface area contributed by atoms with Gasteiger partial charge >= 0.3 is 0 Å². The molecule has 0 unspecified atom stereocenters. The maximum absolute atomic E-state index is 12.4. The smallest absolute Gasteiger partial charge is 0.250 e. The van der Waals surface area contributed by atoms with Gasteiger partial charge in [-0.2, -0.15) is 5.10 Å². The summed E-state index contributed by atoms with van der Waals surface area (Å²) in [5.74, 6) is -0.376. The topological polar surface area (TPSA) is 85.2 Å². The van der Waals surface area contributed by atoms with Crippen molar-refractivity contribution in [1.29, 1.82) is 0 Å². The Balaban J connectivity index is 1.83. The normalized spacial score (nSPS) is 11.2. The summed E-state index contributed by atoms with van der Waals surface area (Å²) in [7, 11) is 0. The molecule has 0 atom stereocenters. The molecule has 7 nitrogen and oxygen atoms in total. The molecule has 2 aromatic rings. The maximum Gasteiger partial charge on any atom is 0.250 e. The molecule has 0 fully saturated rings. The predicted octanol–water partition coefficient (Wildman–Crippen LogP) is 2.69. The van der Waals surface area contributed by atoms with Crippen LogP contribution in [0.1, 0.15) is 39.2 Å². The molecule has 1 heterocycles. The van der Waals surface area contributed by atoms with Crippen LogP contribution in [0.5, 0.6) is 0 Å². The number of unbranched alkanes of at least 4 members (excludes halogenated alkanes) is 1. The Kier molecular flexibility index (Phi) is 7.55. The molecule has 27 heavy (non-hydrogen) atoms. The van der Waals surface area contributed by atoms with E-state index in [4.69, 9.17) is 4.74 Å². The Labute approximate surface area is 160 Å². The van der Waals surface area contributed by atoms with Crippen LogP contribution in [0, 0.1) is 0 Å². The van der Waals surface area contributed by atoms with Crippen LogP contribution >= 0.6 is 0 Å². The maximum atomic E-state index is 12.4. The summed E-state index contributed by atoms with van der Waals surface area (Å²) in [5.41, 5.74) is 0.687. The summed E-state index contributed by atoms with van der Waals surface area (Å²) < 4.78 is 6.97. The van der Waals surface area contributed by atoms with Gasteiger partial charge in [0.2, 0.25) is 11.8 Å². The Morgan fingerprint density at radius 1 is 1.22 bits per heavy atom. The van der Waals surface area contributed by atoms with Crippen LogP contribution in [0.15, 0.2) is 42.7 Å². The molecule has 0 radical (unpaired) electrons. The second kappa shape index (κ2) is 9.87. The fourth-order valence-corrected chi connectivity index (χ4v) is 2.43. The van der Waals surface area contributed by atoms with E-state index in [2.05, 4.69) is 22.7 Å². The molecule has 2 amide bonds. The van der Waals surface area contributed by atoms with E-state index in [1.165, 1.54) is 6.20 Å². The first-order chi connectivity index (χ1) is 12.9. The highest BCUT2D eigenvalue weighted by molar-refractivity contribution is 5.91. The molecular weight excluding hydrogens is 344 g/mol. The number of nitrogens with zero attached hydrogens (tertiary/aromatic N) is 2. The molecule has 0 aliphatic carbocycles. The third-order valence-electron chi connectivity index (χ3n) is 4.16. The average Bonchev–Trinajstić information content (AvgIpc) is 3.12. The van der Waals surface area contributed by atoms with Gasteiger partial charge in [0.05, 0.1) is 18.5 Å². The van der Waals surface area contributed by atoms with Crippen LogP contribution in [0.25, 0.3) is 0 Å². The zero-order valence-electron chi connectivity index (χ0n) is 16.2. The van der Waals surface area contributed by atoms with E-state index in [9.17, 15) is 9.59 Å². The molecule has 0 saturated heterocycles. The first-order valence-corrected chi connectivity index (χ1v) is 9.18. The molecule has 1 aromatic heterocycles. The van der Waals surface area contributed by atoms with Crippen molar-refractivity contribution in [3.05, 3.63) is 48.3 Å². The summed E-state index contributed by atoms with van der Waals surface area (Å²) >= 11 is 0. The number of hydrogen-bond acceptors (Lipinski definition) is 4. The summed E-state index contributed by atoms with van der Waals surface area (Å²) in [5, 5.41) is 9.86. The molecule has 0 bridgehead atoms. The van der Waals surface area contributed by atoms with Gasteiger partial charge in [0.25, 0.3) is 0 Å². The second-order valence-electron chi connectivity index (χ2n) is 6.87. The lowest BCUT2D eigenvalue weighted by molar-refractivity contribution is -0.128. The zero-order valence-corrected chi connectivity index (χ0v) is 16.2. The van der Waals surface area contributed by atoms with Gasteiger partial charge < -0.3 is 15.4 Å². The van der Waals surface area contributed by atoms with Gasteiger partial charge in [0, 0.05) is 12.7 Å². The molecular formula is C20H28N4O3. The van der Waals surface area contributed by atoms with E-state index in [1.807, 2.05) is 30.3 Å². The predicted molar refractivity (Wildman–Crippen MR) is 104 cm³/mol. The van der Waals surface area contributed by atoms with E-state index < -0.39 is 5.54 Å². The lowest BCUT2D eigenvalue weighted by Gasteiger charge is -2.24. The highest BCUT2D eigenvalue weighted by atomic mass is 16.5. The largest absolute Gasteiger partial charge is 0.367 e. The van der Waals surface area contributed by atoms with Gasteiger partial charge in [-0.25, -0.2) is 0 Å². The van der Waals surface area contributed by atoms with Gasteiger partial charge in [-0.05, 0) is 25.8 Å². The quantitative estimate of drug-likeness (QED) is 0.628. The van der Waals surface area contributed by atoms with Crippen molar-refractivity contribution in [3.8, 4) is 0 Å². The van der Waals surface area contributed by atoms with Crippen molar-refractivity contribution in [3.63, 3.8) is 0 Å². The first-order valence-electron chi connectivity index (χ1n) is 9.18. The fraction of sp³-hybridized carbons (Fsp3) is 0.450. The molecule has 7 heteroatoms. The number of carbonyl (C=O) groups excluding carboxylic acids is 2. The summed E-state index contributed by atoms with van der Waals surface area (Å²) in [6.45, 7) is 6.61. The van der Waals surface area contributed by atoms with Crippen molar-refractivity contribution in [1.82, 2.24) is 15.1 Å². The zero-order chi connectivity index (χ0) is 19.7. The number of amides is 2. The molecule has 1 aromatic carbocycles. The SMILES string of the molecule is CCCCNC(=O)C(C)(C)n1cc(NC(=O)COCc2ccccc2)cn1. The Morgan fingerprint density at radius 3 is 2.67 bits per heavy atom. The molecule has 0 aliphatic rings. The van der Waals surface area contributed by atoms with Crippen LogP contribution in [-0.4, -0.2) is 34.7 Å². The standard InChI is InChI=1S/C20H28N4O3/c1-4-5-11-21-19(26)20(2,3)24-13-17(12-22-24)23-18(25)15-27-14-16-9-7-6-8-10-16/h6-10,12-13H,4-5,11,14-15H2,1-3H3,(H,21,26)(H,23,25). The van der Waals surface area contributed by atoms with E-state index in [0.29, 0.717) is 18.8 Å². The molecule has 0 saturated carbocycles. The number of hydrogen-bond donors (Lipinski definition) is 2. The summed E-state index contributed by atoms with van der Waals surface area (Å²) in [4.78, 5) is 24.4. The third-order valence-corrected chi connectivity index (χ3v) is 4.16. The molecule has 146 valence electrons. The number of ether oxygens (including phenoxy) is 1. The lowest BCUT2D eigenvalue weighted by Crippen LogP contribution is -2.45. The fourth-order valence-electron chi connectivity index (χ4n) is 2.43. The molecule has 0 aliphatic heterocycles. The number of anilines is 1. The minimum absolute atomic E-state index is 0.0546. The van der Waals surface area contributed by atoms with Gasteiger partial charge in [-0.1, -0.05) is 43.7 Å². The third kappa shape index (κ3) is 6.21. The first kappa shape index (κ1) is 20.6. The Hall–Kier alpha value is -2.67. The Morgan fingerprint density at radius 2 is 1.96 bits per heavy atom. The Bertz CT molecular complexity index is 741. The van der Waals surface area contributed by atoms with Crippen molar-refractivity contribution in [2.45, 2.75) is 45.8 Å². The van der Waals surface area contributed by atoms with Crippen molar-refractivity contribution >= 4 is 17.5 Å². The van der Waals surface area contributed by atoms with E-state index in [-0.39, 0.29) is 18.4 Å². The number of carbonyl (C=O) groups is 2. The van der Waals surface area contributed by atoms with E-state index in [0.717, 1.165) is 18.4 Å². The van der Waals surface area contributed by atoms with Crippen LogP contribution in [0.4, 0.5) is 5.69 Å². The highest BCUT2D eigenvalue weighted by Crippen LogP contribution is 2.17. The molecule has 2 N–H and O–H groups in total. The highest BCUT2D eigenvalue weighted by Gasteiger charge is 2.30. The van der Waals surface area contributed by atoms with Gasteiger partial charge in [-0.3, -0.25) is 14.3 Å². The summed E-state index contributed by atoms with van der Waals surface area (Å²) in [6.07, 6.45) is 5.13. The number of benzene rings is 1. The van der Waals surface area contributed by atoms with Gasteiger partial charge in [0.1, 0.15) is 12.1 Å². The van der Waals surface area contributed by atoms with Gasteiger partial charge in [0.15, 0.2) is 0 Å². The van der Waals surface area contributed by atoms with Crippen molar-refractivity contribution in [2.24, 2.45) is 0 Å². The van der Waals surface area contributed by atoms with Crippen LogP contribution in [-0.2, 0) is 26.5 Å². The van der Waals surface area contributed by atoms with Crippen LogP contribution in [0.3, 0.4) is 0 Å². The van der Waals surface area contributed by atoms with Crippen LogP contribution < -0.4 is 10.6 Å². The minimum atomic E-state index is -0.847. The summed E-state index contributed by atoms with van der Waals surface area (Å²) in [6, 6.07) is 9.66. The van der Waals surface area contributed by atoms with E-state index >= 15 is 0 Å². The van der Waals surface area contributed by atoms with Crippen molar-refractivity contribution in [2.75, 3.05) is 18.5 Å². The molecule has 2 rings (SSSR count). The van der Waals surface area contributed by atoms with Gasteiger partial charge in [-0.15, -0.1) is 0 Å². The average molecular weight is 372 g/mol. The molecule has 0 spiro atoms. The lowest BCUT2D eigenvalue weighted by atomic mass is 10.1. The van der Waals surface area contributed by atoms with Crippen LogP contribution in [0.2, 0.25) is 0 Å². The number of aromatic nitrogens is 2. The number of nitrogens with one attached hydrogen (secondary N) is 2. The van der Waals surface area contributed by atoms with Crippen molar-refractivity contribution < 1.29 is 14.3 Å².